The summed E-state index contributed by atoms with van der Waals surface area (Å²) in [4.78, 5) is 28.7. The lowest BCUT2D eigenvalue weighted by molar-refractivity contribution is -0.131. The monoisotopic (exact) mass is 392 g/mol. The van der Waals surface area contributed by atoms with Crippen LogP contribution >= 0.6 is 15.9 Å². The third-order valence-electron chi connectivity index (χ3n) is 5.55. The van der Waals surface area contributed by atoms with Gasteiger partial charge in [-0.3, -0.25) is 9.59 Å². The summed E-state index contributed by atoms with van der Waals surface area (Å²) >= 11 is 3.49. The first-order valence-corrected chi connectivity index (χ1v) is 9.19. The Morgan fingerprint density at radius 1 is 1.29 bits per heavy atom. The number of carbonyl (C=O) groups is 2. The molecule has 2 amide bonds. The summed E-state index contributed by atoms with van der Waals surface area (Å²) in [5.41, 5.74) is 1.07. The van der Waals surface area contributed by atoms with Gasteiger partial charge in [0.25, 0.3) is 5.91 Å². The predicted octanol–water partition coefficient (Wildman–Crippen LogP) is 1.92. The number of hydrogen-bond acceptors (Lipinski definition) is 3. The van der Waals surface area contributed by atoms with E-state index in [1.54, 1.807) is 16.7 Å². The standard InChI is InChI=1S/C18H21BrN2O3/c1-17(24)6-7-20(10-17)15(22)9-21-11-18(4-5-18)14-8-12(19)2-3-13(14)16(21)23/h2-3,8,24H,4-7,9-11H2,1H3. The summed E-state index contributed by atoms with van der Waals surface area (Å²) in [7, 11) is 0. The van der Waals surface area contributed by atoms with Crippen LogP contribution in [0.15, 0.2) is 22.7 Å². The van der Waals surface area contributed by atoms with Crippen LogP contribution in [-0.2, 0) is 10.2 Å². The molecule has 0 radical (unpaired) electrons. The second-order valence-corrected chi connectivity index (χ2v) is 8.61. The van der Waals surface area contributed by atoms with E-state index < -0.39 is 5.60 Å². The molecule has 1 N–H and O–H groups in total. The lowest BCUT2D eigenvalue weighted by atomic mass is 9.86. The minimum atomic E-state index is -0.807. The van der Waals surface area contributed by atoms with Crippen molar-refractivity contribution in [2.24, 2.45) is 0 Å². The first-order chi connectivity index (χ1) is 11.3. The smallest absolute Gasteiger partial charge is 0.254 e. The SMILES string of the molecule is CC1(O)CCN(C(=O)CN2CC3(CC3)c3cc(Br)ccc3C2=O)C1. The van der Waals surface area contributed by atoms with Crippen LogP contribution in [0.5, 0.6) is 0 Å². The van der Waals surface area contributed by atoms with E-state index in [-0.39, 0.29) is 23.8 Å². The third kappa shape index (κ3) is 2.65. The van der Waals surface area contributed by atoms with Crippen molar-refractivity contribution < 1.29 is 14.7 Å². The Labute approximate surface area is 149 Å². The lowest BCUT2D eigenvalue weighted by Gasteiger charge is -2.35. The zero-order valence-electron chi connectivity index (χ0n) is 13.7. The fraction of sp³-hybridized carbons (Fsp3) is 0.556. The fourth-order valence-electron chi connectivity index (χ4n) is 3.96. The van der Waals surface area contributed by atoms with Gasteiger partial charge in [-0.15, -0.1) is 0 Å². The van der Waals surface area contributed by atoms with Crippen LogP contribution in [0.25, 0.3) is 0 Å². The van der Waals surface area contributed by atoms with Crippen molar-refractivity contribution in [1.82, 2.24) is 9.80 Å². The topological polar surface area (TPSA) is 60.9 Å². The van der Waals surface area contributed by atoms with E-state index in [0.717, 1.165) is 28.4 Å². The quantitative estimate of drug-likeness (QED) is 0.835. The number of hydrogen-bond donors (Lipinski definition) is 1. The van der Waals surface area contributed by atoms with Gasteiger partial charge in [0, 0.05) is 35.1 Å². The Kier molecular flexibility index (Phi) is 3.55. The van der Waals surface area contributed by atoms with Crippen LogP contribution < -0.4 is 0 Å². The Morgan fingerprint density at radius 2 is 2.04 bits per heavy atom. The Morgan fingerprint density at radius 3 is 2.67 bits per heavy atom. The van der Waals surface area contributed by atoms with E-state index in [4.69, 9.17) is 0 Å². The van der Waals surface area contributed by atoms with Gasteiger partial charge in [-0.25, -0.2) is 0 Å². The highest BCUT2D eigenvalue weighted by molar-refractivity contribution is 9.10. The molecule has 0 bridgehead atoms. The molecule has 1 spiro atoms. The minimum absolute atomic E-state index is 0.0316. The summed E-state index contributed by atoms with van der Waals surface area (Å²) in [6.07, 6.45) is 2.72. The molecule has 2 aliphatic heterocycles. The number of amides is 2. The van der Waals surface area contributed by atoms with Gasteiger partial charge in [0.15, 0.2) is 0 Å². The molecular weight excluding hydrogens is 372 g/mol. The molecule has 1 saturated carbocycles. The molecule has 1 aromatic rings. The second-order valence-electron chi connectivity index (χ2n) is 7.69. The van der Waals surface area contributed by atoms with E-state index in [1.807, 2.05) is 12.1 Å². The molecule has 1 saturated heterocycles. The number of likely N-dealkylation sites (tertiary alicyclic amines) is 1. The Hall–Kier alpha value is -1.40. The number of halogens is 1. The number of nitrogens with zero attached hydrogens (tertiary/aromatic N) is 2. The number of rotatable bonds is 2. The molecule has 4 rings (SSSR count). The van der Waals surface area contributed by atoms with E-state index in [0.29, 0.717) is 26.1 Å². The van der Waals surface area contributed by atoms with Crippen LogP contribution in [0.2, 0.25) is 0 Å². The molecule has 3 aliphatic rings. The maximum Gasteiger partial charge on any atom is 0.254 e. The van der Waals surface area contributed by atoms with Gasteiger partial charge in [0.05, 0.1) is 5.60 Å². The van der Waals surface area contributed by atoms with Crippen molar-refractivity contribution in [3.05, 3.63) is 33.8 Å². The maximum atomic E-state index is 12.8. The van der Waals surface area contributed by atoms with Crippen molar-refractivity contribution in [1.29, 1.82) is 0 Å². The van der Waals surface area contributed by atoms with E-state index >= 15 is 0 Å². The van der Waals surface area contributed by atoms with Gasteiger partial charge in [-0.1, -0.05) is 15.9 Å². The molecule has 1 unspecified atom stereocenters. The number of benzene rings is 1. The van der Waals surface area contributed by atoms with E-state index in [2.05, 4.69) is 22.0 Å². The van der Waals surface area contributed by atoms with Crippen molar-refractivity contribution in [2.75, 3.05) is 26.2 Å². The van der Waals surface area contributed by atoms with Crippen LogP contribution in [0.3, 0.4) is 0 Å². The van der Waals surface area contributed by atoms with Crippen molar-refractivity contribution >= 4 is 27.7 Å². The van der Waals surface area contributed by atoms with Crippen molar-refractivity contribution in [3.63, 3.8) is 0 Å². The Balaban J connectivity index is 1.54. The van der Waals surface area contributed by atoms with Crippen molar-refractivity contribution in [3.8, 4) is 0 Å². The first-order valence-electron chi connectivity index (χ1n) is 8.39. The predicted molar refractivity (Wildman–Crippen MR) is 92.8 cm³/mol. The number of fused-ring (bicyclic) bond motifs is 2. The van der Waals surface area contributed by atoms with Crippen LogP contribution in [0.1, 0.15) is 42.1 Å². The number of aliphatic hydroxyl groups is 1. The maximum absolute atomic E-state index is 12.8. The molecule has 1 atom stereocenters. The van der Waals surface area contributed by atoms with E-state index in [1.165, 1.54) is 0 Å². The minimum Gasteiger partial charge on any atom is -0.388 e. The molecule has 2 heterocycles. The van der Waals surface area contributed by atoms with Gasteiger partial charge >= 0.3 is 0 Å². The number of carbonyl (C=O) groups excluding carboxylic acids is 2. The normalized spacial score (nSPS) is 27.5. The largest absolute Gasteiger partial charge is 0.388 e. The van der Waals surface area contributed by atoms with Crippen LogP contribution in [0, 0.1) is 0 Å². The zero-order chi connectivity index (χ0) is 17.1. The highest BCUT2D eigenvalue weighted by Crippen LogP contribution is 2.52. The number of β-amino-alcohol motifs (C(OH)–C–C–N with tert-alkyl or cyclic N) is 1. The Bertz CT molecular complexity index is 727. The van der Waals surface area contributed by atoms with Gasteiger partial charge in [0.2, 0.25) is 5.91 Å². The van der Waals surface area contributed by atoms with Crippen LogP contribution in [0.4, 0.5) is 0 Å². The lowest BCUT2D eigenvalue weighted by Crippen LogP contribution is -2.49. The molecule has 2 fully saturated rings. The molecule has 0 aromatic heterocycles. The summed E-state index contributed by atoms with van der Waals surface area (Å²) in [5, 5.41) is 10.0. The van der Waals surface area contributed by atoms with Crippen LogP contribution in [-0.4, -0.2) is 58.5 Å². The van der Waals surface area contributed by atoms with Gasteiger partial charge < -0.3 is 14.9 Å². The molecule has 24 heavy (non-hydrogen) atoms. The first kappa shape index (κ1) is 16.1. The molecule has 6 heteroatoms. The van der Waals surface area contributed by atoms with Crippen molar-refractivity contribution in [2.45, 2.75) is 37.2 Å². The fourth-order valence-corrected chi connectivity index (χ4v) is 4.32. The second kappa shape index (κ2) is 5.30. The highest BCUT2D eigenvalue weighted by atomic mass is 79.9. The highest BCUT2D eigenvalue weighted by Gasteiger charge is 2.51. The van der Waals surface area contributed by atoms with E-state index in [9.17, 15) is 14.7 Å². The van der Waals surface area contributed by atoms with Gasteiger partial charge in [-0.2, -0.15) is 0 Å². The summed E-state index contributed by atoms with van der Waals surface area (Å²) in [6.45, 7) is 3.38. The average Bonchev–Trinajstić information content (AvgIpc) is 3.20. The molecule has 128 valence electrons. The summed E-state index contributed by atoms with van der Waals surface area (Å²) in [6, 6.07) is 5.80. The molecule has 1 aliphatic carbocycles. The van der Waals surface area contributed by atoms with Gasteiger partial charge in [0.1, 0.15) is 6.54 Å². The zero-order valence-corrected chi connectivity index (χ0v) is 15.3. The summed E-state index contributed by atoms with van der Waals surface area (Å²) < 4.78 is 0.990. The molecular formula is C18H21BrN2O3. The summed E-state index contributed by atoms with van der Waals surface area (Å²) in [5.74, 6) is -0.133. The van der Waals surface area contributed by atoms with Gasteiger partial charge in [-0.05, 0) is 49.9 Å². The molecule has 5 nitrogen and oxygen atoms in total. The average molecular weight is 393 g/mol. The third-order valence-corrected chi connectivity index (χ3v) is 6.04. The molecule has 1 aromatic carbocycles.